The Kier molecular flexibility index (Phi) is 5.46. The van der Waals surface area contributed by atoms with Gasteiger partial charge in [0, 0.05) is 11.8 Å². The minimum Gasteiger partial charge on any atom is -0.481 e. The van der Waals surface area contributed by atoms with Crippen LogP contribution in [-0.2, 0) is 17.6 Å². The van der Waals surface area contributed by atoms with E-state index in [1.807, 2.05) is 6.07 Å². The summed E-state index contributed by atoms with van der Waals surface area (Å²) in [6, 6.07) is 5.13. The molecule has 1 N–H and O–H groups in total. The van der Waals surface area contributed by atoms with Crippen molar-refractivity contribution in [3.05, 3.63) is 35.1 Å². The Balaban J connectivity index is 2.55. The Labute approximate surface area is 103 Å². The van der Waals surface area contributed by atoms with Gasteiger partial charge in [0.15, 0.2) is 0 Å². The van der Waals surface area contributed by atoms with E-state index >= 15 is 0 Å². The molecule has 0 saturated carbocycles. The monoisotopic (exact) mass is 288 g/mol. The molecule has 1 aromatic carbocycles. The Hall–Kier alpha value is -0.900. The molecular weight excluding hydrogens is 275 g/mol. The van der Waals surface area contributed by atoms with Crippen LogP contribution in [0.5, 0.6) is 0 Å². The fraction of sp³-hybridized carbons (Fsp3) is 0.417. The van der Waals surface area contributed by atoms with Gasteiger partial charge in [-0.3, -0.25) is 4.79 Å². The van der Waals surface area contributed by atoms with Crippen LogP contribution in [0, 0.1) is 5.82 Å². The zero-order chi connectivity index (χ0) is 12.0. The van der Waals surface area contributed by atoms with Gasteiger partial charge in [0.25, 0.3) is 0 Å². The van der Waals surface area contributed by atoms with Crippen LogP contribution in [0.15, 0.2) is 18.2 Å². The normalized spacial score (nSPS) is 10.4. The van der Waals surface area contributed by atoms with Gasteiger partial charge in [-0.1, -0.05) is 28.1 Å². The number of hydrogen-bond acceptors (Lipinski definition) is 1. The van der Waals surface area contributed by atoms with Crippen LogP contribution in [0.25, 0.3) is 0 Å². The summed E-state index contributed by atoms with van der Waals surface area (Å²) in [5, 5.41) is 9.22. The van der Waals surface area contributed by atoms with E-state index in [2.05, 4.69) is 15.9 Å². The van der Waals surface area contributed by atoms with E-state index in [4.69, 9.17) is 5.11 Å². The number of alkyl halides is 1. The molecule has 0 radical (unpaired) electrons. The average Bonchev–Trinajstić information content (AvgIpc) is 2.21. The summed E-state index contributed by atoms with van der Waals surface area (Å²) in [6.07, 6.45) is 1.95. The molecule has 0 aliphatic carbocycles. The minimum absolute atomic E-state index is 0.130. The van der Waals surface area contributed by atoms with Gasteiger partial charge in [-0.2, -0.15) is 0 Å². The predicted octanol–water partition coefficient (Wildman–Crippen LogP) is 3.17. The number of carboxylic acids is 1. The van der Waals surface area contributed by atoms with Crippen molar-refractivity contribution in [2.75, 3.05) is 5.33 Å². The van der Waals surface area contributed by atoms with Crippen LogP contribution in [0.1, 0.15) is 24.0 Å². The van der Waals surface area contributed by atoms with Crippen molar-refractivity contribution in [2.45, 2.75) is 25.7 Å². The third-order valence-electron chi connectivity index (χ3n) is 2.34. The SMILES string of the molecule is O=C(O)CCCc1ccc(CCBr)c(F)c1. The Bertz CT molecular complexity index is 366. The topological polar surface area (TPSA) is 37.3 Å². The van der Waals surface area contributed by atoms with E-state index in [1.165, 1.54) is 6.07 Å². The predicted molar refractivity (Wildman–Crippen MR) is 64.5 cm³/mol. The molecule has 0 spiro atoms. The molecule has 0 saturated heterocycles. The van der Waals surface area contributed by atoms with Gasteiger partial charge in [0.05, 0.1) is 0 Å². The van der Waals surface area contributed by atoms with E-state index in [1.54, 1.807) is 6.07 Å². The number of carboxylic acid groups (broad SMARTS) is 1. The molecule has 16 heavy (non-hydrogen) atoms. The Morgan fingerprint density at radius 1 is 1.38 bits per heavy atom. The number of benzene rings is 1. The lowest BCUT2D eigenvalue weighted by Crippen LogP contribution is -1.97. The number of halogens is 2. The molecule has 0 unspecified atom stereocenters. The Morgan fingerprint density at radius 3 is 2.69 bits per heavy atom. The van der Waals surface area contributed by atoms with Crippen LogP contribution in [0.2, 0.25) is 0 Å². The van der Waals surface area contributed by atoms with Gasteiger partial charge in [0.2, 0.25) is 0 Å². The molecular formula is C12H14BrFO2. The van der Waals surface area contributed by atoms with E-state index in [0.29, 0.717) is 24.8 Å². The zero-order valence-corrected chi connectivity index (χ0v) is 10.5. The summed E-state index contributed by atoms with van der Waals surface area (Å²) in [5.41, 5.74) is 1.55. The minimum atomic E-state index is -0.809. The number of rotatable bonds is 6. The van der Waals surface area contributed by atoms with Gasteiger partial charge in [-0.05, 0) is 36.5 Å². The van der Waals surface area contributed by atoms with Gasteiger partial charge in [0.1, 0.15) is 5.82 Å². The lowest BCUT2D eigenvalue weighted by molar-refractivity contribution is -0.137. The third-order valence-corrected chi connectivity index (χ3v) is 2.73. The molecule has 1 rings (SSSR count). The van der Waals surface area contributed by atoms with Gasteiger partial charge in [-0.25, -0.2) is 4.39 Å². The molecule has 0 aliphatic rings. The summed E-state index contributed by atoms with van der Waals surface area (Å²) < 4.78 is 13.5. The molecule has 0 atom stereocenters. The van der Waals surface area contributed by atoms with Crippen LogP contribution in [0.4, 0.5) is 4.39 Å². The highest BCUT2D eigenvalue weighted by molar-refractivity contribution is 9.09. The number of carbonyl (C=O) groups is 1. The average molecular weight is 289 g/mol. The van der Waals surface area contributed by atoms with Crippen molar-refractivity contribution in [3.8, 4) is 0 Å². The van der Waals surface area contributed by atoms with Crippen molar-refractivity contribution >= 4 is 21.9 Å². The second kappa shape index (κ2) is 6.63. The van der Waals surface area contributed by atoms with Crippen molar-refractivity contribution in [2.24, 2.45) is 0 Å². The first-order chi connectivity index (χ1) is 7.63. The maximum absolute atomic E-state index is 13.5. The quantitative estimate of drug-likeness (QED) is 0.817. The molecule has 0 heterocycles. The summed E-state index contributed by atoms with van der Waals surface area (Å²) in [5.74, 6) is -1.01. The molecule has 0 aromatic heterocycles. The van der Waals surface area contributed by atoms with E-state index in [-0.39, 0.29) is 12.2 Å². The van der Waals surface area contributed by atoms with Crippen molar-refractivity contribution in [1.29, 1.82) is 0 Å². The van der Waals surface area contributed by atoms with Gasteiger partial charge in [-0.15, -0.1) is 0 Å². The summed E-state index contributed by atoms with van der Waals surface area (Å²) in [6.45, 7) is 0. The van der Waals surface area contributed by atoms with Gasteiger partial charge >= 0.3 is 5.97 Å². The van der Waals surface area contributed by atoms with Crippen LogP contribution >= 0.6 is 15.9 Å². The molecule has 2 nitrogen and oxygen atoms in total. The fourth-order valence-corrected chi connectivity index (χ4v) is 1.92. The fourth-order valence-electron chi connectivity index (χ4n) is 1.49. The molecule has 4 heteroatoms. The van der Waals surface area contributed by atoms with Crippen molar-refractivity contribution in [1.82, 2.24) is 0 Å². The smallest absolute Gasteiger partial charge is 0.303 e. The maximum atomic E-state index is 13.5. The van der Waals surface area contributed by atoms with Crippen molar-refractivity contribution < 1.29 is 14.3 Å². The second-order valence-corrected chi connectivity index (χ2v) is 4.41. The number of aryl methyl sites for hydroxylation is 2. The first-order valence-electron chi connectivity index (χ1n) is 5.18. The highest BCUT2D eigenvalue weighted by Crippen LogP contribution is 2.14. The summed E-state index contributed by atoms with van der Waals surface area (Å²) in [4.78, 5) is 10.3. The molecule has 0 aliphatic heterocycles. The number of hydrogen-bond donors (Lipinski definition) is 1. The van der Waals surface area contributed by atoms with Crippen molar-refractivity contribution in [3.63, 3.8) is 0 Å². The third kappa shape index (κ3) is 4.31. The lowest BCUT2D eigenvalue weighted by Gasteiger charge is -2.04. The van der Waals surface area contributed by atoms with Crippen LogP contribution in [-0.4, -0.2) is 16.4 Å². The molecule has 0 fully saturated rings. The summed E-state index contributed by atoms with van der Waals surface area (Å²) >= 11 is 3.26. The molecule has 0 bridgehead atoms. The van der Waals surface area contributed by atoms with Crippen LogP contribution < -0.4 is 0 Å². The zero-order valence-electron chi connectivity index (χ0n) is 8.88. The molecule has 1 aromatic rings. The standard InChI is InChI=1S/C12H14BrFO2/c13-7-6-10-5-4-9(8-11(10)14)2-1-3-12(15)16/h4-5,8H,1-3,6-7H2,(H,15,16). The maximum Gasteiger partial charge on any atom is 0.303 e. The molecule has 88 valence electrons. The summed E-state index contributed by atoms with van der Waals surface area (Å²) in [7, 11) is 0. The van der Waals surface area contributed by atoms with E-state index in [0.717, 1.165) is 10.9 Å². The van der Waals surface area contributed by atoms with Crippen LogP contribution in [0.3, 0.4) is 0 Å². The largest absolute Gasteiger partial charge is 0.481 e. The highest BCUT2D eigenvalue weighted by atomic mass is 79.9. The second-order valence-electron chi connectivity index (χ2n) is 3.61. The highest BCUT2D eigenvalue weighted by Gasteiger charge is 2.04. The van der Waals surface area contributed by atoms with E-state index < -0.39 is 5.97 Å². The van der Waals surface area contributed by atoms with Gasteiger partial charge < -0.3 is 5.11 Å². The molecule has 0 amide bonds. The van der Waals surface area contributed by atoms with E-state index in [9.17, 15) is 9.18 Å². The first kappa shape index (κ1) is 13.2. The first-order valence-corrected chi connectivity index (χ1v) is 6.30. The Morgan fingerprint density at radius 2 is 2.12 bits per heavy atom. The number of aliphatic carboxylic acids is 1. The lowest BCUT2D eigenvalue weighted by atomic mass is 10.0.